The molecular weight excluding hydrogens is 352 g/mol. The lowest BCUT2D eigenvalue weighted by molar-refractivity contribution is -0.115. The predicted octanol–water partition coefficient (Wildman–Crippen LogP) is 2.49. The van der Waals surface area contributed by atoms with E-state index in [1.54, 1.807) is 11.5 Å². The van der Waals surface area contributed by atoms with Gasteiger partial charge in [0.1, 0.15) is 0 Å². The van der Waals surface area contributed by atoms with Gasteiger partial charge in [-0.1, -0.05) is 23.9 Å². The number of hydrogen-bond donors (Lipinski definition) is 2. The molecule has 0 saturated carbocycles. The summed E-state index contributed by atoms with van der Waals surface area (Å²) < 4.78 is 7.16. The number of benzene rings is 1. The van der Waals surface area contributed by atoms with Crippen molar-refractivity contribution >= 4 is 23.4 Å². The highest BCUT2D eigenvalue weighted by atomic mass is 32.2. The largest absolute Gasteiger partial charge is 0.376 e. The Morgan fingerprint density at radius 3 is 3.04 bits per heavy atom. The summed E-state index contributed by atoms with van der Waals surface area (Å²) in [6.45, 7) is 6.94. The van der Waals surface area contributed by atoms with E-state index in [0.29, 0.717) is 11.7 Å². The summed E-state index contributed by atoms with van der Waals surface area (Å²) in [4.78, 5) is 24.6. The number of carbonyl (C=O) groups is 1. The van der Waals surface area contributed by atoms with Crippen LogP contribution in [0.2, 0.25) is 0 Å². The average Bonchev–Trinajstić information content (AvgIpc) is 3.23. The fourth-order valence-electron chi connectivity index (χ4n) is 2.86. The van der Waals surface area contributed by atoms with Crippen molar-refractivity contribution in [3.8, 4) is 0 Å². The third-order valence-corrected chi connectivity index (χ3v) is 5.53. The maximum absolute atomic E-state index is 12.6. The van der Waals surface area contributed by atoms with E-state index >= 15 is 0 Å². The summed E-state index contributed by atoms with van der Waals surface area (Å²) in [6, 6.07) is 5.94. The first-order valence-corrected chi connectivity index (χ1v) is 9.63. The van der Waals surface area contributed by atoms with Gasteiger partial charge >= 0.3 is 5.69 Å². The molecule has 0 radical (unpaired) electrons. The second kappa shape index (κ2) is 8.09. The van der Waals surface area contributed by atoms with Gasteiger partial charge < -0.3 is 10.1 Å². The van der Waals surface area contributed by atoms with Crippen LogP contribution in [0.4, 0.5) is 5.69 Å². The molecule has 0 unspecified atom stereocenters. The van der Waals surface area contributed by atoms with Crippen molar-refractivity contribution in [1.82, 2.24) is 14.8 Å². The molecule has 7 nitrogen and oxygen atoms in total. The van der Waals surface area contributed by atoms with Crippen molar-refractivity contribution < 1.29 is 9.53 Å². The zero-order chi connectivity index (χ0) is 18.7. The van der Waals surface area contributed by atoms with Gasteiger partial charge in [-0.25, -0.2) is 9.89 Å². The molecule has 140 valence electrons. The Bertz CT molecular complexity index is 839. The Morgan fingerprint density at radius 2 is 2.31 bits per heavy atom. The molecule has 0 bridgehead atoms. The van der Waals surface area contributed by atoms with Gasteiger partial charge in [0.25, 0.3) is 0 Å². The molecule has 1 amide bonds. The van der Waals surface area contributed by atoms with E-state index < -0.39 is 5.25 Å². The molecular formula is C18H24N4O3S. The monoisotopic (exact) mass is 376 g/mol. The zero-order valence-electron chi connectivity index (χ0n) is 15.2. The summed E-state index contributed by atoms with van der Waals surface area (Å²) >= 11 is 1.26. The number of anilines is 1. The van der Waals surface area contributed by atoms with Gasteiger partial charge in [-0.15, -0.1) is 5.10 Å². The lowest BCUT2D eigenvalue weighted by atomic mass is 10.1. The van der Waals surface area contributed by atoms with Crippen molar-refractivity contribution in [2.75, 3.05) is 11.9 Å². The van der Waals surface area contributed by atoms with E-state index in [2.05, 4.69) is 15.5 Å². The molecule has 1 aromatic heterocycles. The van der Waals surface area contributed by atoms with Crippen LogP contribution in [0.5, 0.6) is 0 Å². The van der Waals surface area contributed by atoms with E-state index in [1.165, 1.54) is 11.8 Å². The van der Waals surface area contributed by atoms with Crippen LogP contribution in [0.15, 0.2) is 28.2 Å². The molecule has 1 aliphatic rings. The number of rotatable bonds is 6. The van der Waals surface area contributed by atoms with Crippen molar-refractivity contribution in [2.24, 2.45) is 0 Å². The van der Waals surface area contributed by atoms with E-state index in [9.17, 15) is 9.59 Å². The molecule has 3 rings (SSSR count). The summed E-state index contributed by atoms with van der Waals surface area (Å²) in [7, 11) is 0. The normalized spacial score (nSPS) is 18.0. The SMILES string of the molecule is Cc1ccc(C)c(NC(=O)[C@H](C)Sc2n[nH]c(=O)n2C[C@H]2CCCO2)c1. The minimum absolute atomic E-state index is 0.0312. The topological polar surface area (TPSA) is 89.0 Å². The molecule has 2 heterocycles. The third-order valence-electron chi connectivity index (χ3n) is 4.44. The molecule has 2 N–H and O–H groups in total. The first-order valence-electron chi connectivity index (χ1n) is 8.75. The summed E-state index contributed by atoms with van der Waals surface area (Å²) in [5.74, 6) is -0.122. The Hall–Kier alpha value is -2.06. The van der Waals surface area contributed by atoms with E-state index in [-0.39, 0.29) is 17.7 Å². The predicted molar refractivity (Wildman–Crippen MR) is 102 cm³/mol. The Morgan fingerprint density at radius 1 is 1.50 bits per heavy atom. The molecule has 2 atom stereocenters. The smallest absolute Gasteiger partial charge is 0.344 e. The Balaban J connectivity index is 1.67. The van der Waals surface area contributed by atoms with Gasteiger partial charge in [0.15, 0.2) is 5.16 Å². The number of ether oxygens (including phenoxy) is 1. The molecule has 1 aliphatic heterocycles. The van der Waals surface area contributed by atoms with Gasteiger partial charge in [0.05, 0.1) is 17.9 Å². The lowest BCUT2D eigenvalue weighted by Crippen LogP contribution is -2.27. The van der Waals surface area contributed by atoms with Crippen LogP contribution in [0.1, 0.15) is 30.9 Å². The molecule has 26 heavy (non-hydrogen) atoms. The average molecular weight is 376 g/mol. The Kier molecular flexibility index (Phi) is 5.83. The van der Waals surface area contributed by atoms with Crippen LogP contribution in [0.25, 0.3) is 0 Å². The van der Waals surface area contributed by atoms with E-state index in [0.717, 1.165) is 36.3 Å². The van der Waals surface area contributed by atoms with Gasteiger partial charge in [0, 0.05) is 12.3 Å². The maximum atomic E-state index is 12.6. The summed E-state index contributed by atoms with van der Waals surface area (Å²) in [5, 5.41) is 9.62. The van der Waals surface area contributed by atoms with Crippen LogP contribution < -0.4 is 11.0 Å². The molecule has 1 saturated heterocycles. The molecule has 1 fully saturated rings. The Labute approximate surface area is 156 Å². The second-order valence-electron chi connectivity index (χ2n) is 6.62. The van der Waals surface area contributed by atoms with Gasteiger partial charge in [0.2, 0.25) is 5.91 Å². The third kappa shape index (κ3) is 4.37. The molecule has 0 aliphatic carbocycles. The van der Waals surface area contributed by atoms with Crippen molar-refractivity contribution in [3.63, 3.8) is 0 Å². The van der Waals surface area contributed by atoms with Crippen LogP contribution in [0.3, 0.4) is 0 Å². The van der Waals surface area contributed by atoms with Gasteiger partial charge in [-0.2, -0.15) is 0 Å². The highest BCUT2D eigenvalue weighted by Crippen LogP contribution is 2.24. The number of aryl methyl sites for hydroxylation is 2. The standard InChI is InChI=1S/C18H24N4O3S/c1-11-6-7-12(2)15(9-11)19-16(23)13(3)26-18-21-20-17(24)22(18)10-14-5-4-8-25-14/h6-7,9,13-14H,4-5,8,10H2,1-3H3,(H,19,23)(H,20,24)/t13-,14+/m0/s1. The minimum atomic E-state index is -0.395. The highest BCUT2D eigenvalue weighted by molar-refractivity contribution is 8.00. The number of thioether (sulfide) groups is 1. The van der Waals surface area contributed by atoms with Gasteiger partial charge in [-0.05, 0) is 50.8 Å². The molecule has 2 aromatic rings. The summed E-state index contributed by atoms with van der Waals surface area (Å²) in [6.07, 6.45) is 1.97. The second-order valence-corrected chi connectivity index (χ2v) is 7.93. The number of H-pyrrole nitrogens is 1. The molecule has 1 aromatic carbocycles. The maximum Gasteiger partial charge on any atom is 0.344 e. The zero-order valence-corrected chi connectivity index (χ0v) is 16.1. The number of hydrogen-bond acceptors (Lipinski definition) is 5. The first kappa shape index (κ1) is 18.7. The molecule has 0 spiro atoms. The number of nitrogens with zero attached hydrogens (tertiary/aromatic N) is 2. The van der Waals surface area contributed by atoms with Gasteiger partial charge in [-0.3, -0.25) is 9.36 Å². The van der Waals surface area contributed by atoms with Crippen LogP contribution in [-0.4, -0.2) is 38.6 Å². The highest BCUT2D eigenvalue weighted by Gasteiger charge is 2.23. The fraction of sp³-hybridized carbons (Fsp3) is 0.500. The number of aromatic nitrogens is 3. The van der Waals surface area contributed by atoms with Crippen molar-refractivity contribution in [2.45, 2.75) is 56.7 Å². The van der Waals surface area contributed by atoms with E-state index in [1.807, 2.05) is 32.0 Å². The number of aromatic amines is 1. The summed E-state index contributed by atoms with van der Waals surface area (Å²) in [5.41, 5.74) is 2.63. The minimum Gasteiger partial charge on any atom is -0.376 e. The van der Waals surface area contributed by atoms with E-state index in [4.69, 9.17) is 4.74 Å². The lowest BCUT2D eigenvalue weighted by Gasteiger charge is -2.15. The number of nitrogens with one attached hydrogen (secondary N) is 2. The van der Waals surface area contributed by atoms with Crippen LogP contribution in [-0.2, 0) is 16.1 Å². The first-order chi connectivity index (χ1) is 12.4. The number of amides is 1. The number of carbonyl (C=O) groups excluding carboxylic acids is 1. The van der Waals surface area contributed by atoms with Crippen molar-refractivity contribution in [3.05, 3.63) is 39.8 Å². The quantitative estimate of drug-likeness (QED) is 0.756. The van der Waals surface area contributed by atoms with Crippen LogP contribution >= 0.6 is 11.8 Å². The molecule has 8 heteroatoms. The fourth-order valence-corrected chi connectivity index (χ4v) is 3.73. The van der Waals surface area contributed by atoms with Crippen LogP contribution in [0, 0.1) is 13.8 Å². The van der Waals surface area contributed by atoms with Crippen molar-refractivity contribution in [1.29, 1.82) is 0 Å².